The van der Waals surface area contributed by atoms with Gasteiger partial charge >= 0.3 is 26.2 Å². The fourth-order valence-corrected chi connectivity index (χ4v) is 4.55. The van der Waals surface area contributed by atoms with Crippen LogP contribution in [-0.2, 0) is 43.5 Å². The van der Waals surface area contributed by atoms with Gasteiger partial charge in [0, 0.05) is 0 Å². The molecule has 0 atom stereocenters. The predicted octanol–water partition coefficient (Wildman–Crippen LogP) is 3.06. The summed E-state index contributed by atoms with van der Waals surface area (Å²) >= 11 is 0. The summed E-state index contributed by atoms with van der Waals surface area (Å²) in [5.41, 5.74) is 11.6. The maximum Gasteiger partial charge on any atom is 2.00 e. The average Bonchev–Trinajstić information content (AvgIpc) is 3.27. The molecule has 3 aromatic rings. The zero-order valence-corrected chi connectivity index (χ0v) is 26.8. The summed E-state index contributed by atoms with van der Waals surface area (Å²) in [7, 11) is 0. The number of fused-ring (bicyclic) bond motifs is 3. The van der Waals surface area contributed by atoms with Crippen LogP contribution < -0.4 is 24.8 Å². The average molecular weight is 588 g/mol. The molecule has 1 saturated carbocycles. The van der Waals surface area contributed by atoms with Gasteiger partial charge < -0.3 is 31.2 Å². The molecule has 0 N–H and O–H groups in total. The summed E-state index contributed by atoms with van der Waals surface area (Å²) < 4.78 is 0. The zero-order chi connectivity index (χ0) is 23.5. The second kappa shape index (κ2) is 14.3. The van der Waals surface area contributed by atoms with E-state index in [0.717, 1.165) is 6.42 Å². The van der Waals surface area contributed by atoms with Gasteiger partial charge in [0.2, 0.25) is 0 Å². The fourth-order valence-electron chi connectivity index (χ4n) is 4.55. The molecule has 0 unspecified atom stereocenters. The van der Waals surface area contributed by atoms with Crippen LogP contribution in [0.1, 0.15) is 94.2 Å². The monoisotopic (exact) mass is 585 g/mol. The summed E-state index contributed by atoms with van der Waals surface area (Å²) in [6, 6.07) is 20.9. The molecule has 0 spiro atoms. The third-order valence-electron chi connectivity index (χ3n) is 6.45. The fraction of sp³-hybridized carbons (Fsp3) is 0.438. The van der Waals surface area contributed by atoms with E-state index in [1.165, 1.54) is 63.8 Å². The van der Waals surface area contributed by atoms with Gasteiger partial charge in [0.05, 0.1) is 0 Å². The number of hydrogen-bond acceptors (Lipinski definition) is 0. The van der Waals surface area contributed by atoms with Gasteiger partial charge in [0.25, 0.3) is 0 Å². The van der Waals surface area contributed by atoms with Gasteiger partial charge in [-0.15, -0.1) is 23.1 Å². The molecule has 0 aliphatic heterocycles. The molecule has 1 fully saturated rings. The van der Waals surface area contributed by atoms with E-state index in [0.29, 0.717) is 0 Å². The number of aryl methyl sites for hydroxylation is 2. The number of rotatable bonds is 0. The van der Waals surface area contributed by atoms with Gasteiger partial charge in [-0.05, 0) is 35.4 Å². The Hall–Kier alpha value is -0.747. The molecule has 0 radical (unpaired) electrons. The van der Waals surface area contributed by atoms with Crippen LogP contribution in [-0.4, -0.2) is 0 Å². The van der Waals surface area contributed by atoms with Gasteiger partial charge in [0.1, 0.15) is 0 Å². The topological polar surface area (TPSA) is 0 Å². The summed E-state index contributed by atoms with van der Waals surface area (Å²) in [5.74, 6) is 0. The molecule has 2 aliphatic rings. The van der Waals surface area contributed by atoms with Crippen LogP contribution in [0.15, 0.2) is 48.5 Å². The summed E-state index contributed by atoms with van der Waals surface area (Å²) in [4.78, 5) is 0. The Morgan fingerprint density at radius 1 is 0.771 bits per heavy atom. The van der Waals surface area contributed by atoms with Crippen molar-refractivity contribution in [3.63, 3.8) is 0 Å². The second-order valence-corrected chi connectivity index (χ2v) is 11.4. The van der Waals surface area contributed by atoms with Crippen LogP contribution in [0.2, 0.25) is 0 Å². The minimum atomic E-state index is 0. The van der Waals surface area contributed by atoms with Crippen molar-refractivity contribution < 1.29 is 51.0 Å². The first-order valence-corrected chi connectivity index (χ1v) is 12.2. The van der Waals surface area contributed by atoms with Crippen LogP contribution in [0.3, 0.4) is 0 Å². The Morgan fingerprint density at radius 2 is 1.26 bits per heavy atom. The van der Waals surface area contributed by atoms with Gasteiger partial charge in [0.15, 0.2) is 0 Å². The van der Waals surface area contributed by atoms with Gasteiger partial charge in [-0.2, -0.15) is 48.7 Å². The molecular formula is C32H41Cl2Zr-3. The minimum absolute atomic E-state index is 0. The van der Waals surface area contributed by atoms with Crippen molar-refractivity contribution >= 4 is 0 Å². The standard InChI is InChI=1S/C23H29.C5H5.C4H7.2ClH.Zr/c1-14-9-16-11-17-10-15(2)21(23(6,7)8)13-19(17)18(16)12-20(14)22(3,4)5;1-2-4-5-3-1;1-2-4-3-1;;;/h9,12-13H,11H2,1-8H3;1-5H;1H,2-4H2;2*1H;/q3*-1;;;+2/p-2. The molecule has 0 saturated heterocycles. The molecule has 3 aromatic carbocycles. The Balaban J connectivity index is 0.000000809. The Labute approximate surface area is 247 Å². The Bertz CT molecular complexity index is 942. The molecule has 0 nitrogen and oxygen atoms in total. The number of hydrogen-bond donors (Lipinski definition) is 0. The molecule has 190 valence electrons. The first-order chi connectivity index (χ1) is 15.0. The first kappa shape index (κ1) is 34.3. The maximum atomic E-state index is 3.69. The van der Waals surface area contributed by atoms with Crippen LogP contribution in [0.5, 0.6) is 0 Å². The first-order valence-electron chi connectivity index (χ1n) is 12.2. The van der Waals surface area contributed by atoms with E-state index >= 15 is 0 Å². The predicted molar refractivity (Wildman–Crippen MR) is 141 cm³/mol. The maximum absolute atomic E-state index is 3.69. The molecule has 35 heavy (non-hydrogen) atoms. The third-order valence-corrected chi connectivity index (χ3v) is 6.45. The Morgan fingerprint density at radius 3 is 1.66 bits per heavy atom. The van der Waals surface area contributed by atoms with Crippen molar-refractivity contribution in [1.29, 1.82) is 0 Å². The normalized spacial score (nSPS) is 13.0. The van der Waals surface area contributed by atoms with Gasteiger partial charge in [-0.3, -0.25) is 0 Å². The number of benzene rings is 2. The van der Waals surface area contributed by atoms with E-state index in [1.807, 2.05) is 30.3 Å². The van der Waals surface area contributed by atoms with Crippen LogP contribution in [0, 0.1) is 26.3 Å². The zero-order valence-electron chi connectivity index (χ0n) is 22.8. The molecule has 3 heteroatoms. The van der Waals surface area contributed by atoms with E-state index in [1.54, 1.807) is 0 Å². The largest absolute Gasteiger partial charge is 2.00 e. The minimum Gasteiger partial charge on any atom is -1.00 e. The van der Waals surface area contributed by atoms with Gasteiger partial charge in [-0.25, -0.2) is 12.1 Å². The van der Waals surface area contributed by atoms with Crippen molar-refractivity contribution in [2.24, 2.45) is 0 Å². The molecule has 2 aliphatic carbocycles. The van der Waals surface area contributed by atoms with Crippen LogP contribution in [0.4, 0.5) is 0 Å². The van der Waals surface area contributed by atoms with Crippen molar-refractivity contribution in [2.45, 2.75) is 91.9 Å². The summed E-state index contributed by atoms with van der Waals surface area (Å²) in [5, 5.41) is 0. The smallest absolute Gasteiger partial charge is 1.00 e. The second-order valence-electron chi connectivity index (χ2n) is 11.4. The summed E-state index contributed by atoms with van der Waals surface area (Å²) in [6.07, 6.45) is 7.53. The van der Waals surface area contributed by atoms with E-state index in [2.05, 4.69) is 86.1 Å². The van der Waals surface area contributed by atoms with Crippen molar-refractivity contribution in [1.82, 2.24) is 0 Å². The van der Waals surface area contributed by atoms with E-state index in [4.69, 9.17) is 0 Å². The van der Waals surface area contributed by atoms with Crippen LogP contribution in [0.25, 0.3) is 11.1 Å². The summed E-state index contributed by atoms with van der Waals surface area (Å²) in [6.45, 7) is 18.2. The van der Waals surface area contributed by atoms with Crippen molar-refractivity contribution in [2.75, 3.05) is 0 Å². The SMILES string of the molecule is Cc1[c-]c2c(cc1C(C)(C)C)-c1cc(C(C)(C)C)c(C)cc1C2.[CH-]1CCC1.[Cl-].[Cl-].[Zr+2].c1cc[cH-]c1. The molecule has 0 amide bonds. The Kier molecular flexibility index (Phi) is 14.0. The van der Waals surface area contributed by atoms with E-state index in [-0.39, 0.29) is 61.8 Å². The number of halogens is 2. The molecule has 0 heterocycles. The van der Waals surface area contributed by atoms with Crippen molar-refractivity contribution in [3.8, 4) is 11.1 Å². The third kappa shape index (κ3) is 8.95. The van der Waals surface area contributed by atoms with Crippen LogP contribution >= 0.6 is 0 Å². The van der Waals surface area contributed by atoms with E-state index < -0.39 is 0 Å². The molecular weight excluding hydrogens is 546 g/mol. The molecule has 5 rings (SSSR count). The van der Waals surface area contributed by atoms with E-state index in [9.17, 15) is 0 Å². The van der Waals surface area contributed by atoms with Gasteiger partial charge in [-0.1, -0.05) is 71.6 Å². The molecule has 0 bridgehead atoms. The van der Waals surface area contributed by atoms with Crippen molar-refractivity contribution in [3.05, 3.63) is 94.4 Å². The molecule has 0 aromatic heterocycles. The quantitative estimate of drug-likeness (QED) is 0.278.